The van der Waals surface area contributed by atoms with E-state index in [1.807, 2.05) is 0 Å². The SMILES string of the molecule is Cc1cccc(N2CCC(Cc3ccccc3)CC2)c1N. The topological polar surface area (TPSA) is 29.3 Å². The standard InChI is InChI=1S/C19H24N2/c1-15-6-5-9-18(19(15)20)21-12-10-17(11-13-21)14-16-7-3-2-4-8-16/h2-9,17H,10-14,20H2,1H3. The summed E-state index contributed by atoms with van der Waals surface area (Å²) in [6.07, 6.45) is 3.71. The number of hydrogen-bond acceptors (Lipinski definition) is 2. The van der Waals surface area contributed by atoms with Gasteiger partial charge in [-0.1, -0.05) is 42.5 Å². The van der Waals surface area contributed by atoms with Crippen LogP contribution in [-0.4, -0.2) is 13.1 Å². The molecule has 1 saturated heterocycles. The number of piperidine rings is 1. The molecule has 0 amide bonds. The smallest absolute Gasteiger partial charge is 0.0602 e. The first kappa shape index (κ1) is 14.0. The predicted octanol–water partition coefficient (Wildman–Crippen LogP) is 4.04. The van der Waals surface area contributed by atoms with E-state index in [1.165, 1.54) is 36.1 Å². The molecule has 0 atom stereocenters. The minimum Gasteiger partial charge on any atom is -0.397 e. The van der Waals surface area contributed by atoms with Gasteiger partial charge in [-0.05, 0) is 49.3 Å². The summed E-state index contributed by atoms with van der Waals surface area (Å²) in [4.78, 5) is 2.45. The second-order valence-electron chi connectivity index (χ2n) is 6.13. The minimum absolute atomic E-state index is 0.801. The van der Waals surface area contributed by atoms with E-state index in [1.54, 1.807) is 0 Å². The van der Waals surface area contributed by atoms with E-state index in [-0.39, 0.29) is 0 Å². The number of anilines is 2. The molecule has 0 radical (unpaired) electrons. The Balaban J connectivity index is 1.61. The highest BCUT2D eigenvalue weighted by molar-refractivity contribution is 5.71. The molecule has 0 spiro atoms. The fraction of sp³-hybridized carbons (Fsp3) is 0.368. The van der Waals surface area contributed by atoms with Gasteiger partial charge in [-0.25, -0.2) is 0 Å². The van der Waals surface area contributed by atoms with Crippen LogP contribution in [0.4, 0.5) is 11.4 Å². The van der Waals surface area contributed by atoms with Crippen molar-refractivity contribution in [3.63, 3.8) is 0 Å². The second-order valence-corrected chi connectivity index (χ2v) is 6.13. The number of nitrogens with two attached hydrogens (primary N) is 1. The molecule has 1 fully saturated rings. The molecule has 0 bridgehead atoms. The van der Waals surface area contributed by atoms with E-state index in [0.717, 1.165) is 24.7 Å². The van der Waals surface area contributed by atoms with Gasteiger partial charge in [0.1, 0.15) is 0 Å². The normalized spacial score (nSPS) is 16.1. The quantitative estimate of drug-likeness (QED) is 0.860. The largest absolute Gasteiger partial charge is 0.397 e. The van der Waals surface area contributed by atoms with Crippen LogP contribution < -0.4 is 10.6 Å². The fourth-order valence-electron chi connectivity index (χ4n) is 3.27. The molecule has 3 rings (SSSR count). The Labute approximate surface area is 127 Å². The third kappa shape index (κ3) is 3.21. The second kappa shape index (κ2) is 6.21. The number of benzene rings is 2. The maximum absolute atomic E-state index is 6.23. The number of rotatable bonds is 3. The molecule has 1 aliphatic heterocycles. The molecule has 2 N–H and O–H groups in total. The first-order chi connectivity index (χ1) is 10.2. The summed E-state index contributed by atoms with van der Waals surface area (Å²) in [6.45, 7) is 4.32. The Morgan fingerprint density at radius 1 is 1.00 bits per heavy atom. The van der Waals surface area contributed by atoms with Gasteiger partial charge < -0.3 is 10.6 Å². The van der Waals surface area contributed by atoms with Gasteiger partial charge in [-0.2, -0.15) is 0 Å². The van der Waals surface area contributed by atoms with Gasteiger partial charge in [-0.3, -0.25) is 0 Å². The van der Waals surface area contributed by atoms with Crippen LogP contribution in [0.1, 0.15) is 24.0 Å². The Bertz CT molecular complexity index is 584. The van der Waals surface area contributed by atoms with Crippen LogP contribution >= 0.6 is 0 Å². The molecule has 21 heavy (non-hydrogen) atoms. The molecule has 2 heteroatoms. The summed E-state index contributed by atoms with van der Waals surface area (Å²) < 4.78 is 0. The molecule has 110 valence electrons. The number of nitrogen functional groups attached to an aromatic ring is 1. The zero-order valence-electron chi connectivity index (χ0n) is 12.8. The zero-order chi connectivity index (χ0) is 14.7. The van der Waals surface area contributed by atoms with Crippen molar-refractivity contribution in [2.24, 2.45) is 5.92 Å². The highest BCUT2D eigenvalue weighted by Crippen LogP contribution is 2.30. The third-order valence-corrected chi connectivity index (χ3v) is 4.62. The van der Waals surface area contributed by atoms with Crippen LogP contribution in [0.5, 0.6) is 0 Å². The first-order valence-corrected chi connectivity index (χ1v) is 7.88. The average molecular weight is 280 g/mol. The van der Waals surface area contributed by atoms with Crippen molar-refractivity contribution in [2.75, 3.05) is 23.7 Å². The summed E-state index contributed by atoms with van der Waals surface area (Å²) >= 11 is 0. The van der Waals surface area contributed by atoms with Gasteiger partial charge in [0.05, 0.1) is 11.4 Å². The molecule has 1 aliphatic rings. The van der Waals surface area contributed by atoms with E-state index >= 15 is 0 Å². The Hall–Kier alpha value is -1.96. The molecule has 0 unspecified atom stereocenters. The van der Waals surface area contributed by atoms with E-state index in [4.69, 9.17) is 5.73 Å². The minimum atomic E-state index is 0.801. The van der Waals surface area contributed by atoms with Crippen LogP contribution in [0.2, 0.25) is 0 Å². The molecule has 2 aromatic carbocycles. The molecule has 0 aliphatic carbocycles. The predicted molar refractivity (Wildman–Crippen MR) is 90.7 cm³/mol. The highest BCUT2D eigenvalue weighted by atomic mass is 15.1. The van der Waals surface area contributed by atoms with E-state index in [0.29, 0.717) is 0 Å². The number of hydrogen-bond donors (Lipinski definition) is 1. The summed E-state index contributed by atoms with van der Waals surface area (Å²) in [5.74, 6) is 0.801. The maximum atomic E-state index is 6.23. The molecular formula is C19H24N2. The number of para-hydroxylation sites is 1. The van der Waals surface area contributed by atoms with Crippen molar-refractivity contribution >= 4 is 11.4 Å². The van der Waals surface area contributed by atoms with Crippen LogP contribution in [0.3, 0.4) is 0 Å². The lowest BCUT2D eigenvalue weighted by Gasteiger charge is -2.34. The van der Waals surface area contributed by atoms with Crippen LogP contribution in [0.25, 0.3) is 0 Å². The van der Waals surface area contributed by atoms with Crippen LogP contribution in [0, 0.1) is 12.8 Å². The maximum Gasteiger partial charge on any atom is 0.0602 e. The van der Waals surface area contributed by atoms with Crippen LogP contribution in [-0.2, 0) is 6.42 Å². The molecule has 2 nitrogen and oxygen atoms in total. The third-order valence-electron chi connectivity index (χ3n) is 4.62. The van der Waals surface area contributed by atoms with E-state index in [9.17, 15) is 0 Å². The highest BCUT2D eigenvalue weighted by Gasteiger charge is 2.21. The van der Waals surface area contributed by atoms with Gasteiger partial charge in [0.15, 0.2) is 0 Å². The van der Waals surface area contributed by atoms with Gasteiger partial charge >= 0.3 is 0 Å². The summed E-state index contributed by atoms with van der Waals surface area (Å²) in [7, 11) is 0. The Morgan fingerprint density at radius 2 is 1.71 bits per heavy atom. The average Bonchev–Trinajstić information content (AvgIpc) is 2.52. The van der Waals surface area contributed by atoms with Crippen molar-refractivity contribution < 1.29 is 0 Å². The van der Waals surface area contributed by atoms with Gasteiger partial charge in [0.2, 0.25) is 0 Å². The zero-order valence-corrected chi connectivity index (χ0v) is 12.8. The van der Waals surface area contributed by atoms with Gasteiger partial charge in [-0.15, -0.1) is 0 Å². The van der Waals surface area contributed by atoms with Crippen molar-refractivity contribution in [3.8, 4) is 0 Å². The summed E-state index contributed by atoms with van der Waals surface area (Å²) in [5.41, 5.74) is 11.0. The van der Waals surface area contributed by atoms with Crippen molar-refractivity contribution in [2.45, 2.75) is 26.2 Å². The number of aryl methyl sites for hydroxylation is 1. The summed E-state index contributed by atoms with van der Waals surface area (Å²) in [5, 5.41) is 0. The lowest BCUT2D eigenvalue weighted by Crippen LogP contribution is -2.34. The fourth-order valence-corrected chi connectivity index (χ4v) is 3.27. The number of nitrogens with zero attached hydrogens (tertiary/aromatic N) is 1. The van der Waals surface area contributed by atoms with Gasteiger partial charge in [0, 0.05) is 13.1 Å². The lowest BCUT2D eigenvalue weighted by molar-refractivity contribution is 0.404. The molecule has 0 saturated carbocycles. The Kier molecular flexibility index (Phi) is 4.14. The summed E-state index contributed by atoms with van der Waals surface area (Å²) in [6, 6.07) is 17.2. The van der Waals surface area contributed by atoms with E-state index < -0.39 is 0 Å². The molecule has 2 aromatic rings. The van der Waals surface area contributed by atoms with Crippen molar-refractivity contribution in [1.29, 1.82) is 0 Å². The first-order valence-electron chi connectivity index (χ1n) is 7.88. The van der Waals surface area contributed by atoms with E-state index in [2.05, 4.69) is 60.4 Å². The van der Waals surface area contributed by atoms with Crippen molar-refractivity contribution in [3.05, 3.63) is 59.7 Å². The monoisotopic (exact) mass is 280 g/mol. The lowest BCUT2D eigenvalue weighted by atomic mass is 9.90. The molecule has 1 heterocycles. The van der Waals surface area contributed by atoms with Crippen molar-refractivity contribution in [1.82, 2.24) is 0 Å². The Morgan fingerprint density at radius 3 is 2.43 bits per heavy atom. The van der Waals surface area contributed by atoms with Gasteiger partial charge in [0.25, 0.3) is 0 Å². The van der Waals surface area contributed by atoms with Crippen LogP contribution in [0.15, 0.2) is 48.5 Å². The molecular weight excluding hydrogens is 256 g/mol. The molecule has 0 aromatic heterocycles.